The molecule has 0 aliphatic rings. The van der Waals surface area contributed by atoms with Crippen molar-refractivity contribution in [2.75, 3.05) is 18.5 Å². The highest BCUT2D eigenvalue weighted by Gasteiger charge is 2.19. The van der Waals surface area contributed by atoms with E-state index in [9.17, 15) is 4.79 Å². The number of nitrogens with zero attached hydrogens (tertiary/aromatic N) is 3. The highest BCUT2D eigenvalue weighted by atomic mass is 35.5. The maximum atomic E-state index is 12.3. The zero-order valence-electron chi connectivity index (χ0n) is 16.0. The van der Waals surface area contributed by atoms with Crippen molar-refractivity contribution in [3.8, 4) is 5.75 Å². The summed E-state index contributed by atoms with van der Waals surface area (Å²) in [5.74, 6) is 1.25. The van der Waals surface area contributed by atoms with E-state index in [-0.39, 0.29) is 11.1 Å². The third-order valence-corrected chi connectivity index (χ3v) is 4.32. The van der Waals surface area contributed by atoms with Crippen molar-refractivity contribution < 1.29 is 4.74 Å². The lowest BCUT2D eigenvalue weighted by Crippen LogP contribution is -2.24. The van der Waals surface area contributed by atoms with Crippen molar-refractivity contribution >= 4 is 28.6 Å². The molecule has 3 rings (SSSR count). The molecule has 0 saturated carbocycles. The Bertz CT molecular complexity index is 1000. The predicted molar refractivity (Wildman–Crippen MR) is 108 cm³/mol. The number of hydrogen-bond acceptors (Lipinski definition) is 5. The number of H-pyrrole nitrogens is 1. The Morgan fingerprint density at radius 2 is 2.11 bits per heavy atom. The Balaban J connectivity index is 1.61. The van der Waals surface area contributed by atoms with Crippen LogP contribution in [0.15, 0.2) is 29.2 Å². The summed E-state index contributed by atoms with van der Waals surface area (Å²) in [5, 5.41) is 8.63. The Morgan fingerprint density at radius 3 is 2.81 bits per heavy atom. The third-order valence-electron chi connectivity index (χ3n) is 4.08. The molecule has 144 valence electrons. The molecule has 2 N–H and O–H groups in total. The number of halogens is 1. The number of rotatable bonds is 6. The molecule has 0 unspecified atom stereocenters. The monoisotopic (exact) mass is 389 g/mol. The molecule has 0 radical (unpaired) electrons. The molecule has 3 aromatic rings. The summed E-state index contributed by atoms with van der Waals surface area (Å²) in [6.07, 6.45) is 2.31. The van der Waals surface area contributed by atoms with Gasteiger partial charge in [0.1, 0.15) is 11.1 Å². The van der Waals surface area contributed by atoms with Crippen molar-refractivity contribution in [1.29, 1.82) is 0 Å². The van der Waals surface area contributed by atoms with Crippen LogP contribution in [0.25, 0.3) is 11.0 Å². The molecule has 2 aromatic heterocycles. The van der Waals surface area contributed by atoms with E-state index in [1.54, 1.807) is 10.9 Å². The molecule has 2 heterocycles. The summed E-state index contributed by atoms with van der Waals surface area (Å²) < 4.78 is 7.53. The summed E-state index contributed by atoms with van der Waals surface area (Å²) >= 11 is 5.95. The Hall–Kier alpha value is -2.54. The maximum Gasteiger partial charge on any atom is 0.263 e. The fraction of sp³-hybridized carbons (Fsp3) is 0.421. The number of nitrogens with one attached hydrogen (secondary N) is 2. The number of aryl methyl sites for hydroxylation is 1. The van der Waals surface area contributed by atoms with Crippen LogP contribution < -0.4 is 15.6 Å². The van der Waals surface area contributed by atoms with Gasteiger partial charge in [-0.25, -0.2) is 4.68 Å². The van der Waals surface area contributed by atoms with E-state index < -0.39 is 0 Å². The zero-order valence-corrected chi connectivity index (χ0v) is 16.7. The molecule has 1 aromatic carbocycles. The van der Waals surface area contributed by atoms with Crippen LogP contribution in [-0.2, 0) is 5.54 Å². The van der Waals surface area contributed by atoms with E-state index in [0.717, 1.165) is 17.7 Å². The van der Waals surface area contributed by atoms with Crippen LogP contribution in [0, 0.1) is 6.92 Å². The number of hydrogen-bond donors (Lipinski definition) is 2. The first-order chi connectivity index (χ1) is 12.8. The van der Waals surface area contributed by atoms with Crippen LogP contribution >= 0.6 is 11.6 Å². The minimum atomic E-state index is -0.260. The summed E-state index contributed by atoms with van der Waals surface area (Å²) in [4.78, 5) is 19.5. The van der Waals surface area contributed by atoms with Gasteiger partial charge in [0.05, 0.1) is 18.3 Å². The van der Waals surface area contributed by atoms with Crippen LogP contribution in [-0.4, -0.2) is 32.9 Å². The summed E-state index contributed by atoms with van der Waals surface area (Å²) in [6.45, 7) is 9.18. The van der Waals surface area contributed by atoms with Crippen LogP contribution in [0.2, 0.25) is 5.02 Å². The molecule has 0 spiro atoms. The van der Waals surface area contributed by atoms with Crippen LogP contribution in [0.1, 0.15) is 32.8 Å². The second-order valence-corrected chi connectivity index (χ2v) is 7.85. The van der Waals surface area contributed by atoms with Crippen molar-refractivity contribution in [3.63, 3.8) is 0 Å². The third kappa shape index (κ3) is 4.42. The van der Waals surface area contributed by atoms with Gasteiger partial charge in [-0.1, -0.05) is 11.6 Å². The lowest BCUT2D eigenvalue weighted by atomic mass is 10.1. The quantitative estimate of drug-likeness (QED) is 0.627. The number of fused-ring (bicyclic) bond motifs is 1. The standard InChI is InChI=1S/C19H24ClN5O2/c1-12-10-13(20)6-7-15(12)27-9-5-8-21-18-23-16-14(17(26)24-18)11-22-25(16)19(2,3)4/h6-7,10-11H,5,8-9H2,1-4H3,(H2,21,23,24,26). The first kappa shape index (κ1) is 19.2. The number of benzene rings is 1. The zero-order chi connectivity index (χ0) is 19.6. The van der Waals surface area contributed by atoms with Crippen LogP contribution in [0.5, 0.6) is 5.75 Å². The molecule has 0 bridgehead atoms. The van der Waals surface area contributed by atoms with Crippen molar-refractivity contribution in [3.05, 3.63) is 45.3 Å². The average Bonchev–Trinajstić information content (AvgIpc) is 3.01. The van der Waals surface area contributed by atoms with Gasteiger partial charge < -0.3 is 10.1 Å². The van der Waals surface area contributed by atoms with Gasteiger partial charge in [-0.3, -0.25) is 9.78 Å². The summed E-state index contributed by atoms with van der Waals surface area (Å²) in [6, 6.07) is 5.55. The van der Waals surface area contributed by atoms with Crippen LogP contribution in [0.3, 0.4) is 0 Å². The van der Waals surface area contributed by atoms with E-state index in [4.69, 9.17) is 16.3 Å². The number of anilines is 1. The Labute approximate surface area is 162 Å². The topological polar surface area (TPSA) is 84.8 Å². The lowest BCUT2D eigenvalue weighted by molar-refractivity contribution is 0.313. The molecule has 0 amide bonds. The molecule has 0 aliphatic heterocycles. The predicted octanol–water partition coefficient (Wildman–Crippen LogP) is 3.72. The van der Waals surface area contributed by atoms with Gasteiger partial charge in [-0.15, -0.1) is 0 Å². The Kier molecular flexibility index (Phi) is 5.41. The summed E-state index contributed by atoms with van der Waals surface area (Å²) in [7, 11) is 0. The number of aromatic nitrogens is 4. The number of aromatic amines is 1. The van der Waals surface area contributed by atoms with E-state index in [1.165, 1.54) is 0 Å². The highest BCUT2D eigenvalue weighted by Crippen LogP contribution is 2.22. The SMILES string of the molecule is Cc1cc(Cl)ccc1OCCCNc1nc2c(cnn2C(C)(C)C)c(=O)[nH]1. The lowest BCUT2D eigenvalue weighted by Gasteiger charge is -2.19. The van der Waals surface area contributed by atoms with Gasteiger partial charge in [0.25, 0.3) is 5.56 Å². The second-order valence-electron chi connectivity index (χ2n) is 7.42. The molecular formula is C19H24ClN5O2. The van der Waals surface area contributed by atoms with Gasteiger partial charge >= 0.3 is 0 Å². The van der Waals surface area contributed by atoms with Gasteiger partial charge in [-0.05, 0) is 57.9 Å². The fourth-order valence-corrected chi connectivity index (χ4v) is 2.96. The van der Waals surface area contributed by atoms with Gasteiger partial charge in [0.15, 0.2) is 5.65 Å². The van der Waals surface area contributed by atoms with Gasteiger partial charge in [-0.2, -0.15) is 10.1 Å². The van der Waals surface area contributed by atoms with Crippen LogP contribution in [0.4, 0.5) is 5.95 Å². The maximum absolute atomic E-state index is 12.3. The molecule has 0 fully saturated rings. The fourth-order valence-electron chi connectivity index (χ4n) is 2.73. The molecule has 0 aliphatic carbocycles. The molecule has 27 heavy (non-hydrogen) atoms. The second kappa shape index (κ2) is 7.60. The van der Waals surface area contributed by atoms with Crippen molar-refractivity contribution in [2.45, 2.75) is 39.7 Å². The highest BCUT2D eigenvalue weighted by molar-refractivity contribution is 6.30. The summed E-state index contributed by atoms with van der Waals surface area (Å²) in [5.41, 5.74) is 1.11. The minimum Gasteiger partial charge on any atom is -0.493 e. The van der Waals surface area contributed by atoms with E-state index in [0.29, 0.717) is 35.2 Å². The Morgan fingerprint density at radius 1 is 1.33 bits per heavy atom. The largest absolute Gasteiger partial charge is 0.493 e. The normalized spacial score (nSPS) is 11.7. The molecule has 0 atom stereocenters. The number of ether oxygens (including phenoxy) is 1. The molecular weight excluding hydrogens is 366 g/mol. The van der Waals surface area contributed by atoms with Crippen molar-refractivity contribution in [2.24, 2.45) is 0 Å². The van der Waals surface area contributed by atoms with E-state index in [1.807, 2.05) is 45.9 Å². The van der Waals surface area contributed by atoms with Crippen molar-refractivity contribution in [1.82, 2.24) is 19.7 Å². The molecule has 8 heteroatoms. The first-order valence-electron chi connectivity index (χ1n) is 8.87. The average molecular weight is 390 g/mol. The molecule has 7 nitrogen and oxygen atoms in total. The van der Waals surface area contributed by atoms with E-state index >= 15 is 0 Å². The van der Waals surface area contributed by atoms with E-state index in [2.05, 4.69) is 20.4 Å². The van der Waals surface area contributed by atoms with Gasteiger partial charge in [0.2, 0.25) is 5.95 Å². The minimum absolute atomic E-state index is 0.203. The molecule has 0 saturated heterocycles. The van der Waals surface area contributed by atoms with Gasteiger partial charge in [0, 0.05) is 11.6 Å². The first-order valence-corrected chi connectivity index (χ1v) is 9.25. The smallest absolute Gasteiger partial charge is 0.263 e.